The maximum atomic E-state index is 5.30. The Hall–Kier alpha value is -0.160. The third-order valence-electron chi connectivity index (χ3n) is 3.21. The van der Waals surface area contributed by atoms with Crippen molar-refractivity contribution in [1.29, 1.82) is 0 Å². The third-order valence-corrected chi connectivity index (χ3v) is 3.21. The number of nitrogens with zero attached hydrogens (tertiary/aromatic N) is 1. The van der Waals surface area contributed by atoms with E-state index in [4.69, 9.17) is 9.47 Å². The van der Waals surface area contributed by atoms with Gasteiger partial charge in [0.25, 0.3) is 0 Å². The Morgan fingerprint density at radius 1 is 1.44 bits per heavy atom. The lowest BCUT2D eigenvalue weighted by molar-refractivity contribution is 0.0280. The minimum Gasteiger partial charge on any atom is -0.382 e. The Morgan fingerprint density at radius 3 is 2.88 bits per heavy atom. The molecule has 2 atom stereocenters. The Labute approximate surface area is 99.3 Å². The number of piperidine rings is 1. The summed E-state index contributed by atoms with van der Waals surface area (Å²) < 4.78 is 10.4. The quantitative estimate of drug-likeness (QED) is 0.694. The first-order valence-electron chi connectivity index (χ1n) is 6.17. The van der Waals surface area contributed by atoms with Crippen molar-refractivity contribution in [3.8, 4) is 0 Å². The molecule has 1 aliphatic heterocycles. The molecule has 0 spiro atoms. The van der Waals surface area contributed by atoms with Gasteiger partial charge >= 0.3 is 0 Å². The van der Waals surface area contributed by atoms with Crippen molar-refractivity contribution in [2.24, 2.45) is 5.92 Å². The van der Waals surface area contributed by atoms with Gasteiger partial charge in [-0.05, 0) is 38.9 Å². The second kappa shape index (κ2) is 8.01. The van der Waals surface area contributed by atoms with Crippen LogP contribution in [0.15, 0.2) is 0 Å². The van der Waals surface area contributed by atoms with Gasteiger partial charge in [-0.3, -0.25) is 0 Å². The van der Waals surface area contributed by atoms with Crippen LogP contribution in [0.5, 0.6) is 0 Å². The molecule has 1 heterocycles. The standard InChI is InChI=1S/C12H26N2O2/c1-14-6-4-5-11(9-14)7-13-8-12(16-3)10-15-2/h11-13H,4-10H2,1-3H3. The number of nitrogens with one attached hydrogen (secondary N) is 1. The molecule has 0 aromatic carbocycles. The van der Waals surface area contributed by atoms with Crippen molar-refractivity contribution < 1.29 is 9.47 Å². The summed E-state index contributed by atoms with van der Waals surface area (Å²) in [6, 6.07) is 0. The minimum atomic E-state index is 0.173. The summed E-state index contributed by atoms with van der Waals surface area (Å²) in [7, 11) is 5.65. The summed E-state index contributed by atoms with van der Waals surface area (Å²) in [5.74, 6) is 0.791. The predicted octanol–water partition coefficient (Wildman–Crippen LogP) is 0.579. The van der Waals surface area contributed by atoms with Gasteiger partial charge in [0.05, 0.1) is 12.7 Å². The molecular formula is C12H26N2O2. The third kappa shape index (κ3) is 5.25. The molecule has 4 heteroatoms. The van der Waals surface area contributed by atoms with Crippen molar-refractivity contribution in [3.05, 3.63) is 0 Å². The molecule has 0 saturated carbocycles. The first-order valence-corrected chi connectivity index (χ1v) is 6.17. The lowest BCUT2D eigenvalue weighted by Crippen LogP contribution is -2.40. The van der Waals surface area contributed by atoms with Crippen LogP contribution in [0.3, 0.4) is 0 Å². The zero-order chi connectivity index (χ0) is 11.8. The number of hydrogen-bond donors (Lipinski definition) is 1. The van der Waals surface area contributed by atoms with Crippen LogP contribution in [0.4, 0.5) is 0 Å². The number of hydrogen-bond acceptors (Lipinski definition) is 4. The fourth-order valence-electron chi connectivity index (χ4n) is 2.28. The molecule has 96 valence electrons. The zero-order valence-corrected chi connectivity index (χ0v) is 10.9. The molecule has 1 N–H and O–H groups in total. The lowest BCUT2D eigenvalue weighted by Gasteiger charge is -2.30. The van der Waals surface area contributed by atoms with Gasteiger partial charge in [-0.15, -0.1) is 0 Å². The van der Waals surface area contributed by atoms with Crippen LogP contribution in [0.25, 0.3) is 0 Å². The summed E-state index contributed by atoms with van der Waals surface area (Å²) in [5.41, 5.74) is 0. The van der Waals surface area contributed by atoms with E-state index >= 15 is 0 Å². The van der Waals surface area contributed by atoms with Crippen LogP contribution >= 0.6 is 0 Å². The average Bonchev–Trinajstić information content (AvgIpc) is 2.28. The van der Waals surface area contributed by atoms with Gasteiger partial charge in [0.2, 0.25) is 0 Å². The topological polar surface area (TPSA) is 33.7 Å². The molecule has 0 aromatic rings. The summed E-state index contributed by atoms with van der Waals surface area (Å²) in [4.78, 5) is 2.42. The largest absolute Gasteiger partial charge is 0.382 e. The van der Waals surface area contributed by atoms with E-state index in [0.29, 0.717) is 6.61 Å². The predicted molar refractivity (Wildman–Crippen MR) is 65.8 cm³/mol. The van der Waals surface area contributed by atoms with Crippen molar-refractivity contribution >= 4 is 0 Å². The van der Waals surface area contributed by atoms with Crippen LogP contribution in [-0.4, -0.2) is 65.1 Å². The summed E-state index contributed by atoms with van der Waals surface area (Å²) in [5, 5.41) is 3.48. The molecule has 0 radical (unpaired) electrons. The number of likely N-dealkylation sites (tertiary alicyclic amines) is 1. The molecule has 1 aliphatic rings. The van der Waals surface area contributed by atoms with Crippen molar-refractivity contribution in [2.75, 3.05) is 54.1 Å². The van der Waals surface area contributed by atoms with E-state index in [2.05, 4.69) is 17.3 Å². The highest BCUT2D eigenvalue weighted by Gasteiger charge is 2.17. The van der Waals surface area contributed by atoms with Crippen LogP contribution in [-0.2, 0) is 9.47 Å². The number of ether oxygens (including phenoxy) is 2. The molecule has 1 rings (SSSR count). The van der Waals surface area contributed by atoms with Crippen molar-refractivity contribution in [2.45, 2.75) is 18.9 Å². The van der Waals surface area contributed by atoms with E-state index in [1.165, 1.54) is 25.9 Å². The molecule has 1 saturated heterocycles. The van der Waals surface area contributed by atoms with Gasteiger partial charge in [-0.1, -0.05) is 0 Å². The molecule has 0 aromatic heterocycles. The van der Waals surface area contributed by atoms with Gasteiger partial charge in [0, 0.05) is 27.3 Å². The smallest absolute Gasteiger partial charge is 0.0928 e. The molecule has 2 unspecified atom stereocenters. The normalized spacial score (nSPS) is 24.6. The number of rotatable bonds is 7. The monoisotopic (exact) mass is 230 g/mol. The minimum absolute atomic E-state index is 0.173. The van der Waals surface area contributed by atoms with E-state index < -0.39 is 0 Å². The van der Waals surface area contributed by atoms with Gasteiger partial charge in [-0.25, -0.2) is 0 Å². The van der Waals surface area contributed by atoms with E-state index in [1.807, 2.05) is 0 Å². The molecule has 4 nitrogen and oxygen atoms in total. The molecule has 16 heavy (non-hydrogen) atoms. The van der Waals surface area contributed by atoms with Crippen LogP contribution < -0.4 is 5.32 Å². The van der Waals surface area contributed by atoms with Crippen LogP contribution in [0.2, 0.25) is 0 Å². The highest BCUT2D eigenvalue weighted by Crippen LogP contribution is 2.13. The van der Waals surface area contributed by atoms with Crippen molar-refractivity contribution in [3.63, 3.8) is 0 Å². The van der Waals surface area contributed by atoms with Gasteiger partial charge in [0.15, 0.2) is 0 Å². The second-order valence-corrected chi connectivity index (χ2v) is 4.74. The van der Waals surface area contributed by atoms with Crippen LogP contribution in [0.1, 0.15) is 12.8 Å². The van der Waals surface area contributed by atoms with Gasteiger partial charge < -0.3 is 19.7 Å². The first-order chi connectivity index (χ1) is 7.76. The Bertz CT molecular complexity index is 178. The molecular weight excluding hydrogens is 204 g/mol. The fourth-order valence-corrected chi connectivity index (χ4v) is 2.28. The highest BCUT2D eigenvalue weighted by atomic mass is 16.5. The Kier molecular flexibility index (Phi) is 6.96. The van der Waals surface area contributed by atoms with Crippen LogP contribution in [0, 0.1) is 5.92 Å². The zero-order valence-electron chi connectivity index (χ0n) is 10.9. The molecule has 0 amide bonds. The van der Waals surface area contributed by atoms with E-state index in [0.717, 1.165) is 19.0 Å². The van der Waals surface area contributed by atoms with E-state index in [-0.39, 0.29) is 6.10 Å². The summed E-state index contributed by atoms with van der Waals surface area (Å²) >= 11 is 0. The summed E-state index contributed by atoms with van der Waals surface area (Å²) in [6.07, 6.45) is 2.85. The Balaban J connectivity index is 2.09. The summed E-state index contributed by atoms with van der Waals surface area (Å²) in [6.45, 7) is 5.10. The first kappa shape index (κ1) is 13.9. The maximum Gasteiger partial charge on any atom is 0.0928 e. The fraction of sp³-hybridized carbons (Fsp3) is 1.00. The molecule has 1 fully saturated rings. The molecule has 0 bridgehead atoms. The maximum absolute atomic E-state index is 5.30. The van der Waals surface area contributed by atoms with Gasteiger partial charge in [-0.2, -0.15) is 0 Å². The average molecular weight is 230 g/mol. The SMILES string of the molecule is COCC(CNCC1CCCN(C)C1)OC. The van der Waals surface area contributed by atoms with E-state index in [9.17, 15) is 0 Å². The second-order valence-electron chi connectivity index (χ2n) is 4.74. The van der Waals surface area contributed by atoms with Gasteiger partial charge in [0.1, 0.15) is 0 Å². The molecule has 0 aliphatic carbocycles. The van der Waals surface area contributed by atoms with E-state index in [1.54, 1.807) is 14.2 Å². The lowest BCUT2D eigenvalue weighted by atomic mass is 9.98. The van der Waals surface area contributed by atoms with Crippen molar-refractivity contribution in [1.82, 2.24) is 10.2 Å². The number of methoxy groups -OCH3 is 2. The highest BCUT2D eigenvalue weighted by molar-refractivity contribution is 4.73. The Morgan fingerprint density at radius 2 is 2.25 bits per heavy atom.